The van der Waals surface area contributed by atoms with Crippen LogP contribution in [0.25, 0.3) is 0 Å². The molecule has 0 saturated heterocycles. The van der Waals surface area contributed by atoms with E-state index in [1.807, 2.05) is 0 Å². The van der Waals surface area contributed by atoms with E-state index >= 15 is 0 Å². The van der Waals surface area contributed by atoms with Gasteiger partial charge in [-0.3, -0.25) is 24.6 Å². The molecule has 0 saturated carbocycles. The predicted molar refractivity (Wildman–Crippen MR) is 99.1 cm³/mol. The lowest BCUT2D eigenvalue weighted by molar-refractivity contribution is -0.923. The molecule has 0 N–H and O–H groups in total. The van der Waals surface area contributed by atoms with E-state index in [0.29, 0.717) is 6.54 Å². The smallest absolute Gasteiger partial charge is 0.270 e. The van der Waals surface area contributed by atoms with E-state index in [2.05, 4.69) is 20.8 Å². The van der Waals surface area contributed by atoms with Crippen molar-refractivity contribution in [3.8, 4) is 0 Å². The molecule has 0 bridgehead atoms. The third-order valence-electron chi connectivity index (χ3n) is 5.69. The maximum absolute atomic E-state index is 12.4. The number of hydrogen-bond donors (Lipinski definition) is 0. The maximum Gasteiger partial charge on any atom is 0.270 e. The van der Waals surface area contributed by atoms with Crippen LogP contribution in [0.15, 0.2) is 18.2 Å². The van der Waals surface area contributed by atoms with Crippen molar-refractivity contribution in [1.82, 2.24) is 4.90 Å². The fourth-order valence-electron chi connectivity index (χ4n) is 3.63. The lowest BCUT2D eigenvalue weighted by Crippen LogP contribution is -3.00. The number of halogens is 1. The highest BCUT2D eigenvalue weighted by molar-refractivity contribution is 6.21. The van der Waals surface area contributed by atoms with E-state index in [1.54, 1.807) is 0 Å². The summed E-state index contributed by atoms with van der Waals surface area (Å²) >= 11 is 0. The molecule has 0 unspecified atom stereocenters. The van der Waals surface area contributed by atoms with Crippen molar-refractivity contribution in [2.75, 3.05) is 32.7 Å². The molecule has 1 aromatic rings. The molecular formula is C19H28BrN3O4. The Labute approximate surface area is 170 Å². The van der Waals surface area contributed by atoms with Gasteiger partial charge in [-0.1, -0.05) is 0 Å². The number of carbonyl (C=O) groups excluding carboxylic acids is 2. The van der Waals surface area contributed by atoms with Gasteiger partial charge >= 0.3 is 0 Å². The SMILES string of the molecule is CC[N+](CC)(CC)CCCCCN1C(=O)c2ccc([N+](=O)[O-])cc2C1=O.[Br-]. The number of non-ortho nitro benzene ring substituents is 1. The molecule has 0 atom stereocenters. The number of quaternary nitrogens is 1. The Bertz CT molecular complexity index is 696. The number of benzene rings is 1. The molecule has 1 aromatic carbocycles. The Morgan fingerprint density at radius 2 is 1.56 bits per heavy atom. The highest BCUT2D eigenvalue weighted by Crippen LogP contribution is 2.27. The first kappa shape index (κ1) is 23.2. The Morgan fingerprint density at radius 1 is 0.963 bits per heavy atom. The number of nitrogens with zero attached hydrogens (tertiary/aromatic N) is 3. The van der Waals surface area contributed by atoms with Crippen molar-refractivity contribution in [1.29, 1.82) is 0 Å². The van der Waals surface area contributed by atoms with Gasteiger partial charge in [-0.15, -0.1) is 0 Å². The van der Waals surface area contributed by atoms with Crippen molar-refractivity contribution in [3.05, 3.63) is 39.4 Å². The average molecular weight is 442 g/mol. The topological polar surface area (TPSA) is 80.5 Å². The summed E-state index contributed by atoms with van der Waals surface area (Å²) in [5, 5.41) is 10.9. The Balaban J connectivity index is 0.00000364. The first-order valence-electron chi connectivity index (χ1n) is 9.38. The molecule has 8 heteroatoms. The van der Waals surface area contributed by atoms with Crippen molar-refractivity contribution < 1.29 is 36.0 Å². The third-order valence-corrected chi connectivity index (χ3v) is 5.69. The first-order chi connectivity index (χ1) is 12.4. The zero-order valence-corrected chi connectivity index (χ0v) is 17.8. The molecule has 1 aliphatic heterocycles. The van der Waals surface area contributed by atoms with Gasteiger partial charge < -0.3 is 21.5 Å². The molecule has 7 nitrogen and oxygen atoms in total. The number of unbranched alkanes of at least 4 members (excludes halogenated alkanes) is 2. The molecule has 0 aromatic heterocycles. The fraction of sp³-hybridized carbons (Fsp3) is 0.579. The minimum absolute atomic E-state index is 0. The summed E-state index contributed by atoms with van der Waals surface area (Å²) < 4.78 is 1.09. The molecule has 1 heterocycles. The van der Waals surface area contributed by atoms with E-state index in [-0.39, 0.29) is 39.7 Å². The highest BCUT2D eigenvalue weighted by Gasteiger charge is 2.36. The summed E-state index contributed by atoms with van der Waals surface area (Å²) in [7, 11) is 0. The number of rotatable bonds is 10. The lowest BCUT2D eigenvalue weighted by atomic mass is 10.1. The van der Waals surface area contributed by atoms with Gasteiger partial charge in [-0.2, -0.15) is 0 Å². The van der Waals surface area contributed by atoms with Crippen LogP contribution in [0.4, 0.5) is 5.69 Å². The van der Waals surface area contributed by atoms with Crippen molar-refractivity contribution in [3.63, 3.8) is 0 Å². The van der Waals surface area contributed by atoms with E-state index in [0.717, 1.165) is 49.9 Å². The fourth-order valence-corrected chi connectivity index (χ4v) is 3.63. The van der Waals surface area contributed by atoms with Crippen LogP contribution < -0.4 is 17.0 Å². The Morgan fingerprint density at radius 3 is 2.11 bits per heavy atom. The van der Waals surface area contributed by atoms with E-state index in [4.69, 9.17) is 0 Å². The second-order valence-electron chi connectivity index (χ2n) is 6.82. The zero-order valence-electron chi connectivity index (χ0n) is 16.2. The predicted octanol–water partition coefficient (Wildman–Crippen LogP) is 0.242. The van der Waals surface area contributed by atoms with Gasteiger partial charge in [0.25, 0.3) is 17.5 Å². The number of nitro benzene ring substituents is 1. The van der Waals surface area contributed by atoms with Crippen LogP contribution in [-0.2, 0) is 0 Å². The number of nitro groups is 1. The molecule has 0 aliphatic carbocycles. The summed E-state index contributed by atoms with van der Waals surface area (Å²) in [4.78, 5) is 36.3. The molecule has 0 spiro atoms. The highest BCUT2D eigenvalue weighted by atomic mass is 79.9. The molecule has 2 amide bonds. The Hall–Kier alpha value is -1.80. The lowest BCUT2D eigenvalue weighted by Gasteiger charge is -2.35. The first-order valence-corrected chi connectivity index (χ1v) is 9.38. The quantitative estimate of drug-likeness (QED) is 0.171. The molecule has 0 fully saturated rings. The molecule has 150 valence electrons. The number of hydrogen-bond acceptors (Lipinski definition) is 4. The van der Waals surface area contributed by atoms with Crippen LogP contribution in [0, 0.1) is 10.1 Å². The van der Waals surface area contributed by atoms with Crippen LogP contribution in [0.1, 0.15) is 60.7 Å². The molecule has 1 aliphatic rings. The number of amides is 2. The maximum atomic E-state index is 12.4. The zero-order chi connectivity index (χ0) is 19.3. The van der Waals surface area contributed by atoms with Crippen LogP contribution in [0.2, 0.25) is 0 Å². The van der Waals surface area contributed by atoms with E-state index in [1.165, 1.54) is 23.1 Å². The van der Waals surface area contributed by atoms with Gasteiger partial charge in [0, 0.05) is 18.7 Å². The second kappa shape index (κ2) is 9.94. The monoisotopic (exact) mass is 441 g/mol. The minimum atomic E-state index is -0.555. The van der Waals surface area contributed by atoms with Crippen LogP contribution >= 0.6 is 0 Å². The van der Waals surface area contributed by atoms with Crippen molar-refractivity contribution in [2.24, 2.45) is 0 Å². The van der Waals surface area contributed by atoms with Gasteiger partial charge in [0.15, 0.2) is 0 Å². The van der Waals surface area contributed by atoms with Crippen LogP contribution in [0.5, 0.6) is 0 Å². The Kier molecular flexibility index (Phi) is 8.56. The van der Waals surface area contributed by atoms with Crippen LogP contribution in [-0.4, -0.2) is 58.8 Å². The second-order valence-corrected chi connectivity index (χ2v) is 6.82. The summed E-state index contributed by atoms with van der Waals surface area (Å²) in [5.74, 6) is -0.768. The summed E-state index contributed by atoms with van der Waals surface area (Å²) in [6.45, 7) is 11.5. The van der Waals surface area contributed by atoms with Crippen molar-refractivity contribution in [2.45, 2.75) is 40.0 Å². The van der Waals surface area contributed by atoms with Crippen LogP contribution in [0.3, 0.4) is 0 Å². The minimum Gasteiger partial charge on any atom is -1.00 e. The molecule has 2 rings (SSSR count). The van der Waals surface area contributed by atoms with Gasteiger partial charge in [0.1, 0.15) is 0 Å². The molecule has 0 radical (unpaired) electrons. The van der Waals surface area contributed by atoms with E-state index < -0.39 is 10.8 Å². The molecular weight excluding hydrogens is 414 g/mol. The summed E-state index contributed by atoms with van der Waals surface area (Å²) in [5.41, 5.74) is 0.238. The van der Waals surface area contributed by atoms with E-state index in [9.17, 15) is 19.7 Å². The van der Waals surface area contributed by atoms with Gasteiger partial charge in [0.05, 0.1) is 42.2 Å². The normalized spacial score (nSPS) is 13.5. The van der Waals surface area contributed by atoms with Gasteiger partial charge in [-0.05, 0) is 46.1 Å². The number of carbonyl (C=O) groups is 2. The number of fused-ring (bicyclic) bond motifs is 1. The average Bonchev–Trinajstić information content (AvgIpc) is 2.89. The largest absolute Gasteiger partial charge is 1.00 e. The number of imide groups is 1. The summed E-state index contributed by atoms with van der Waals surface area (Å²) in [6.07, 6.45) is 2.77. The van der Waals surface area contributed by atoms with Gasteiger partial charge in [-0.25, -0.2) is 0 Å². The molecule has 27 heavy (non-hydrogen) atoms. The third kappa shape index (κ3) is 4.93. The summed E-state index contributed by atoms with van der Waals surface area (Å²) in [6, 6.07) is 3.85. The van der Waals surface area contributed by atoms with Crippen molar-refractivity contribution >= 4 is 17.5 Å². The standard InChI is InChI=1S/C19H28N3O4.BrH/c1-4-22(5-2,6-3)13-9-7-8-12-20-18(23)16-11-10-15(21(25)26)14-17(16)19(20)24;/h10-11,14H,4-9,12-13H2,1-3H3;1H/q+1;/p-1. The van der Waals surface area contributed by atoms with Gasteiger partial charge in [0.2, 0.25) is 0 Å².